The third kappa shape index (κ3) is 8.46. The quantitative estimate of drug-likeness (QED) is 0.211. The molecule has 1 atom stereocenters. The number of para-hydroxylation sites is 1. The van der Waals surface area contributed by atoms with Crippen LogP contribution < -0.4 is 9.62 Å². The molecule has 9 heteroatoms. The zero-order chi connectivity index (χ0) is 31.0. The highest BCUT2D eigenvalue weighted by Crippen LogP contribution is 2.26. The lowest BCUT2D eigenvalue weighted by Crippen LogP contribution is -2.54. The molecule has 0 fully saturated rings. The molecule has 4 aromatic rings. The Hall–Kier alpha value is -4.14. The summed E-state index contributed by atoms with van der Waals surface area (Å²) in [5.74, 6) is -0.825. The van der Waals surface area contributed by atoms with Gasteiger partial charge in [-0.05, 0) is 68.3 Å². The Morgan fingerprint density at radius 3 is 2.02 bits per heavy atom. The molecule has 0 spiro atoms. The van der Waals surface area contributed by atoms with Gasteiger partial charge in [0.05, 0.1) is 10.6 Å². The summed E-state index contributed by atoms with van der Waals surface area (Å²) in [5, 5.41) is 3.36. The molecule has 1 N–H and O–H groups in total. The summed E-state index contributed by atoms with van der Waals surface area (Å²) in [6.45, 7) is 5.28. The van der Waals surface area contributed by atoms with E-state index in [1.165, 1.54) is 29.2 Å². The van der Waals surface area contributed by atoms with Crippen LogP contribution >= 0.6 is 11.6 Å². The van der Waals surface area contributed by atoms with Crippen LogP contribution in [0.2, 0.25) is 5.02 Å². The number of anilines is 1. The van der Waals surface area contributed by atoms with Crippen LogP contribution in [0.5, 0.6) is 0 Å². The maximum atomic E-state index is 14.4. The lowest BCUT2D eigenvalue weighted by Gasteiger charge is -2.34. The molecule has 0 unspecified atom stereocenters. The number of hydrogen-bond donors (Lipinski definition) is 1. The van der Waals surface area contributed by atoms with E-state index in [2.05, 4.69) is 5.32 Å². The molecule has 0 heterocycles. The van der Waals surface area contributed by atoms with Gasteiger partial charge in [-0.2, -0.15) is 0 Å². The molecule has 7 nitrogen and oxygen atoms in total. The van der Waals surface area contributed by atoms with Gasteiger partial charge in [-0.25, -0.2) is 8.42 Å². The van der Waals surface area contributed by atoms with Gasteiger partial charge >= 0.3 is 0 Å². The van der Waals surface area contributed by atoms with Crippen molar-refractivity contribution in [2.45, 2.75) is 50.7 Å². The van der Waals surface area contributed by atoms with E-state index >= 15 is 0 Å². The summed E-state index contributed by atoms with van der Waals surface area (Å²) in [7, 11) is -4.18. The fourth-order valence-electron chi connectivity index (χ4n) is 4.80. The van der Waals surface area contributed by atoms with Crippen LogP contribution in [0.15, 0.2) is 114 Å². The molecule has 43 heavy (non-hydrogen) atoms. The lowest BCUT2D eigenvalue weighted by atomic mass is 10.0. The van der Waals surface area contributed by atoms with Crippen molar-refractivity contribution in [3.63, 3.8) is 0 Å². The van der Waals surface area contributed by atoms with Gasteiger partial charge in [-0.15, -0.1) is 0 Å². The van der Waals surface area contributed by atoms with Crippen LogP contribution in [0.3, 0.4) is 0 Å². The molecule has 0 aromatic heterocycles. The summed E-state index contributed by atoms with van der Waals surface area (Å²) in [5.41, 5.74) is 3.04. The Morgan fingerprint density at radius 1 is 0.814 bits per heavy atom. The lowest BCUT2D eigenvalue weighted by molar-refractivity contribution is -0.140. The number of halogens is 1. The van der Waals surface area contributed by atoms with Gasteiger partial charge < -0.3 is 10.2 Å². The normalized spacial score (nSPS) is 12.0. The molecule has 0 aliphatic heterocycles. The predicted octanol–water partition coefficient (Wildman–Crippen LogP) is 6.01. The summed E-state index contributed by atoms with van der Waals surface area (Å²) in [4.78, 5) is 29.6. The molecular formula is C34H36ClN3O4S. The van der Waals surface area contributed by atoms with Gasteiger partial charge in [-0.1, -0.05) is 90.0 Å². The van der Waals surface area contributed by atoms with Crippen molar-refractivity contribution in [2.24, 2.45) is 0 Å². The zero-order valence-corrected chi connectivity index (χ0v) is 26.1. The van der Waals surface area contributed by atoms with E-state index in [0.29, 0.717) is 10.7 Å². The molecule has 4 aromatic carbocycles. The van der Waals surface area contributed by atoms with E-state index in [0.717, 1.165) is 21.0 Å². The number of aryl methyl sites for hydroxylation is 1. The Kier molecular flexibility index (Phi) is 10.6. The minimum Gasteiger partial charge on any atom is -0.352 e. The van der Waals surface area contributed by atoms with Crippen molar-refractivity contribution in [1.82, 2.24) is 10.2 Å². The van der Waals surface area contributed by atoms with E-state index in [1.807, 2.05) is 75.4 Å². The molecule has 0 saturated carbocycles. The summed E-state index contributed by atoms with van der Waals surface area (Å²) >= 11 is 6.03. The van der Waals surface area contributed by atoms with Gasteiger partial charge in [-0.3, -0.25) is 13.9 Å². The SMILES string of the molecule is Cc1cccc(CN(C(=O)CN(c2ccccc2)S(=O)(=O)c2ccc(Cl)cc2)[C@H](Cc2ccccc2)C(=O)NC(C)C)c1. The minimum absolute atomic E-state index is 0.00262. The van der Waals surface area contributed by atoms with Crippen LogP contribution in [-0.2, 0) is 32.6 Å². The molecular weight excluding hydrogens is 582 g/mol. The van der Waals surface area contributed by atoms with E-state index in [-0.39, 0.29) is 29.8 Å². The topological polar surface area (TPSA) is 86.8 Å². The van der Waals surface area contributed by atoms with E-state index in [1.54, 1.807) is 30.3 Å². The second kappa shape index (κ2) is 14.4. The number of carbonyl (C=O) groups excluding carboxylic acids is 2. The second-order valence-corrected chi connectivity index (χ2v) is 13.0. The van der Waals surface area contributed by atoms with Gasteiger partial charge in [0.1, 0.15) is 12.6 Å². The fourth-order valence-corrected chi connectivity index (χ4v) is 6.34. The van der Waals surface area contributed by atoms with E-state index in [9.17, 15) is 18.0 Å². The van der Waals surface area contributed by atoms with Gasteiger partial charge in [0.25, 0.3) is 10.0 Å². The van der Waals surface area contributed by atoms with Crippen molar-refractivity contribution in [3.8, 4) is 0 Å². The van der Waals surface area contributed by atoms with Crippen LogP contribution in [0.4, 0.5) is 5.69 Å². The Labute approximate surface area is 259 Å². The average Bonchev–Trinajstić information content (AvgIpc) is 2.98. The molecule has 2 amide bonds. The predicted molar refractivity (Wildman–Crippen MR) is 171 cm³/mol. The summed E-state index contributed by atoms with van der Waals surface area (Å²) in [6.07, 6.45) is 0.256. The average molecular weight is 618 g/mol. The molecule has 0 bridgehead atoms. The number of nitrogens with zero attached hydrogens (tertiary/aromatic N) is 2. The van der Waals surface area contributed by atoms with E-state index in [4.69, 9.17) is 11.6 Å². The third-order valence-electron chi connectivity index (χ3n) is 6.86. The number of nitrogens with one attached hydrogen (secondary N) is 1. The van der Waals surface area contributed by atoms with Gasteiger partial charge in [0.2, 0.25) is 11.8 Å². The van der Waals surface area contributed by atoms with Gasteiger partial charge in [0, 0.05) is 24.0 Å². The molecule has 224 valence electrons. The second-order valence-electron chi connectivity index (χ2n) is 10.7. The highest BCUT2D eigenvalue weighted by atomic mass is 35.5. The molecule has 0 radical (unpaired) electrons. The van der Waals surface area contributed by atoms with Gasteiger partial charge in [0.15, 0.2) is 0 Å². The van der Waals surface area contributed by atoms with E-state index < -0.39 is 28.5 Å². The highest BCUT2D eigenvalue weighted by Gasteiger charge is 2.34. The minimum atomic E-state index is -4.18. The highest BCUT2D eigenvalue weighted by molar-refractivity contribution is 7.92. The Balaban J connectivity index is 1.79. The number of hydrogen-bond acceptors (Lipinski definition) is 4. The maximum absolute atomic E-state index is 14.4. The van der Waals surface area contributed by atoms with Crippen molar-refractivity contribution >= 4 is 39.1 Å². The number of rotatable bonds is 12. The molecule has 0 saturated heterocycles. The first kappa shape index (κ1) is 31.8. The molecule has 4 rings (SSSR count). The van der Waals surface area contributed by atoms with Crippen LogP contribution in [-0.4, -0.2) is 43.8 Å². The monoisotopic (exact) mass is 617 g/mol. The summed E-state index contributed by atoms with van der Waals surface area (Å²) in [6, 6.07) is 30.4. The van der Waals surface area contributed by atoms with Crippen molar-refractivity contribution < 1.29 is 18.0 Å². The van der Waals surface area contributed by atoms with Crippen molar-refractivity contribution in [1.29, 1.82) is 0 Å². The zero-order valence-electron chi connectivity index (χ0n) is 24.5. The van der Waals surface area contributed by atoms with Crippen molar-refractivity contribution in [3.05, 3.63) is 131 Å². The number of carbonyl (C=O) groups is 2. The summed E-state index contributed by atoms with van der Waals surface area (Å²) < 4.78 is 29.0. The number of benzene rings is 4. The van der Waals surface area contributed by atoms with Crippen LogP contribution in [0, 0.1) is 6.92 Å². The first-order valence-corrected chi connectivity index (χ1v) is 15.9. The van der Waals surface area contributed by atoms with Crippen LogP contribution in [0.1, 0.15) is 30.5 Å². The number of amides is 2. The smallest absolute Gasteiger partial charge is 0.264 e. The first-order valence-electron chi connectivity index (χ1n) is 14.1. The largest absolute Gasteiger partial charge is 0.352 e. The van der Waals surface area contributed by atoms with Crippen LogP contribution in [0.25, 0.3) is 0 Å². The maximum Gasteiger partial charge on any atom is 0.264 e. The van der Waals surface area contributed by atoms with Crippen molar-refractivity contribution in [2.75, 3.05) is 10.8 Å². The standard InChI is InChI=1S/C34H36ClN3O4S/c1-25(2)36-34(40)32(22-27-12-6-4-7-13-27)37(23-28-14-10-11-26(3)21-28)33(39)24-38(30-15-8-5-9-16-30)43(41,42)31-19-17-29(35)18-20-31/h4-21,25,32H,22-24H2,1-3H3,(H,36,40)/t32-/m1/s1. The third-order valence-corrected chi connectivity index (χ3v) is 8.90. The Bertz CT molecular complexity index is 1630. The number of sulfonamides is 1. The fraction of sp³-hybridized carbons (Fsp3) is 0.235. The molecule has 0 aliphatic rings. The Morgan fingerprint density at radius 2 is 1.42 bits per heavy atom. The molecule has 0 aliphatic carbocycles. The first-order chi connectivity index (χ1) is 20.5.